The molecule has 0 radical (unpaired) electrons. The molecule has 0 spiro atoms. The zero-order valence-electron chi connectivity index (χ0n) is 12.5. The Morgan fingerprint density at radius 1 is 1.00 bits per heavy atom. The first-order valence-electron chi connectivity index (χ1n) is 6.90. The van der Waals surface area contributed by atoms with E-state index in [9.17, 15) is 8.42 Å². The first-order chi connectivity index (χ1) is 11.0. The summed E-state index contributed by atoms with van der Waals surface area (Å²) in [6, 6.07) is 14.4. The SMILES string of the molecule is CCOc1ccc(S(=O)(=O)Nc2ccc(OCC#N)cc2)cc1. The third-order valence-corrected chi connectivity index (χ3v) is 4.25. The highest BCUT2D eigenvalue weighted by Gasteiger charge is 2.14. The van der Waals surface area contributed by atoms with Gasteiger partial charge in [0, 0.05) is 5.69 Å². The molecule has 0 bridgehead atoms. The standard InChI is InChI=1S/C16H16N2O4S/c1-2-21-14-7-9-16(10-8-14)23(19,20)18-13-3-5-15(6-4-13)22-12-11-17/h3-10,18H,2,12H2,1H3. The van der Waals surface area contributed by atoms with Crippen molar-refractivity contribution in [1.29, 1.82) is 5.26 Å². The lowest BCUT2D eigenvalue weighted by atomic mass is 10.3. The van der Waals surface area contributed by atoms with Crippen molar-refractivity contribution >= 4 is 15.7 Å². The Morgan fingerprint density at radius 2 is 1.57 bits per heavy atom. The number of hydrogen-bond acceptors (Lipinski definition) is 5. The van der Waals surface area contributed by atoms with Crippen LogP contribution in [0.2, 0.25) is 0 Å². The number of benzene rings is 2. The fourth-order valence-electron chi connectivity index (χ4n) is 1.83. The van der Waals surface area contributed by atoms with E-state index < -0.39 is 10.0 Å². The Hall–Kier alpha value is -2.72. The van der Waals surface area contributed by atoms with Crippen molar-refractivity contribution in [2.75, 3.05) is 17.9 Å². The van der Waals surface area contributed by atoms with Gasteiger partial charge >= 0.3 is 0 Å². The summed E-state index contributed by atoms with van der Waals surface area (Å²) in [4.78, 5) is 0.144. The van der Waals surface area contributed by atoms with Crippen LogP contribution in [-0.2, 0) is 10.0 Å². The van der Waals surface area contributed by atoms with Gasteiger partial charge in [0.05, 0.1) is 11.5 Å². The molecule has 6 nitrogen and oxygen atoms in total. The molecule has 120 valence electrons. The average Bonchev–Trinajstić information content (AvgIpc) is 2.55. The minimum atomic E-state index is -3.67. The van der Waals surface area contributed by atoms with E-state index >= 15 is 0 Å². The monoisotopic (exact) mass is 332 g/mol. The molecule has 23 heavy (non-hydrogen) atoms. The van der Waals surface area contributed by atoms with E-state index in [4.69, 9.17) is 14.7 Å². The second kappa shape index (κ2) is 7.51. The molecule has 0 atom stereocenters. The number of nitrogens with one attached hydrogen (secondary N) is 1. The van der Waals surface area contributed by atoms with Gasteiger partial charge in [0.1, 0.15) is 17.6 Å². The summed E-state index contributed by atoms with van der Waals surface area (Å²) in [6.07, 6.45) is 0. The van der Waals surface area contributed by atoms with Crippen LogP contribution in [0.1, 0.15) is 6.92 Å². The normalized spacial score (nSPS) is 10.6. The Bertz CT molecular complexity index is 778. The largest absolute Gasteiger partial charge is 0.494 e. The maximum absolute atomic E-state index is 12.3. The smallest absolute Gasteiger partial charge is 0.261 e. The van der Waals surface area contributed by atoms with Gasteiger partial charge < -0.3 is 9.47 Å². The molecule has 2 aromatic rings. The molecule has 0 heterocycles. The summed E-state index contributed by atoms with van der Waals surface area (Å²) < 4.78 is 37.5. The lowest BCUT2D eigenvalue weighted by Crippen LogP contribution is -2.12. The number of sulfonamides is 1. The molecule has 0 amide bonds. The Kier molecular flexibility index (Phi) is 5.44. The van der Waals surface area contributed by atoms with Gasteiger partial charge in [-0.3, -0.25) is 4.72 Å². The molecule has 0 saturated heterocycles. The fourth-order valence-corrected chi connectivity index (χ4v) is 2.89. The van der Waals surface area contributed by atoms with Crippen LogP contribution < -0.4 is 14.2 Å². The van der Waals surface area contributed by atoms with Gasteiger partial charge in [0.2, 0.25) is 0 Å². The summed E-state index contributed by atoms with van der Waals surface area (Å²) in [5.41, 5.74) is 0.406. The van der Waals surface area contributed by atoms with Crippen molar-refractivity contribution in [3.8, 4) is 17.6 Å². The van der Waals surface area contributed by atoms with Crippen molar-refractivity contribution < 1.29 is 17.9 Å². The van der Waals surface area contributed by atoms with E-state index in [-0.39, 0.29) is 11.5 Å². The highest BCUT2D eigenvalue weighted by atomic mass is 32.2. The van der Waals surface area contributed by atoms with Crippen molar-refractivity contribution in [2.24, 2.45) is 0 Å². The molecule has 0 fully saturated rings. The number of rotatable bonds is 7. The van der Waals surface area contributed by atoms with Crippen LogP contribution in [0.25, 0.3) is 0 Å². The van der Waals surface area contributed by atoms with Crippen LogP contribution in [-0.4, -0.2) is 21.6 Å². The van der Waals surface area contributed by atoms with Gasteiger partial charge in [-0.2, -0.15) is 5.26 Å². The summed E-state index contributed by atoms with van der Waals surface area (Å²) >= 11 is 0. The average molecular weight is 332 g/mol. The van der Waals surface area contributed by atoms with Gasteiger partial charge in [-0.05, 0) is 55.5 Å². The summed E-state index contributed by atoms with van der Waals surface area (Å²) in [5, 5.41) is 8.44. The van der Waals surface area contributed by atoms with E-state index in [2.05, 4.69) is 4.72 Å². The third kappa shape index (κ3) is 4.63. The molecule has 0 aromatic heterocycles. The zero-order chi connectivity index (χ0) is 16.7. The van der Waals surface area contributed by atoms with Crippen LogP contribution >= 0.6 is 0 Å². The molecule has 7 heteroatoms. The quantitative estimate of drug-likeness (QED) is 0.842. The van der Waals surface area contributed by atoms with Crippen molar-refractivity contribution in [3.05, 3.63) is 48.5 Å². The van der Waals surface area contributed by atoms with Crippen molar-refractivity contribution in [3.63, 3.8) is 0 Å². The Labute approximate surface area is 135 Å². The maximum atomic E-state index is 12.3. The lowest BCUT2D eigenvalue weighted by molar-refractivity contribution is 0.340. The van der Waals surface area contributed by atoms with Gasteiger partial charge in [0.25, 0.3) is 10.0 Å². The first-order valence-corrected chi connectivity index (χ1v) is 8.39. The highest BCUT2D eigenvalue weighted by molar-refractivity contribution is 7.92. The zero-order valence-corrected chi connectivity index (χ0v) is 13.3. The van der Waals surface area contributed by atoms with E-state index in [1.807, 2.05) is 13.0 Å². The molecule has 0 aliphatic heterocycles. The molecule has 2 rings (SSSR count). The molecule has 2 aromatic carbocycles. The number of nitriles is 1. The van der Waals surface area contributed by atoms with Gasteiger partial charge in [-0.25, -0.2) is 8.42 Å². The maximum Gasteiger partial charge on any atom is 0.261 e. The van der Waals surface area contributed by atoms with Crippen LogP contribution in [0.4, 0.5) is 5.69 Å². The minimum absolute atomic E-state index is 0.0583. The van der Waals surface area contributed by atoms with Crippen LogP contribution in [0.5, 0.6) is 11.5 Å². The number of nitrogens with zero attached hydrogens (tertiary/aromatic N) is 1. The molecule has 0 aliphatic rings. The fraction of sp³-hybridized carbons (Fsp3) is 0.188. The molecule has 0 aliphatic carbocycles. The number of ether oxygens (including phenoxy) is 2. The third-order valence-electron chi connectivity index (χ3n) is 2.85. The first kappa shape index (κ1) is 16.6. The Balaban J connectivity index is 2.09. The van der Waals surface area contributed by atoms with Gasteiger partial charge in [0.15, 0.2) is 6.61 Å². The predicted octanol–water partition coefficient (Wildman–Crippen LogP) is 2.79. The summed E-state index contributed by atoms with van der Waals surface area (Å²) in [7, 11) is -3.67. The predicted molar refractivity (Wildman–Crippen MR) is 86.0 cm³/mol. The van der Waals surface area contributed by atoms with Crippen LogP contribution in [0.15, 0.2) is 53.4 Å². The topological polar surface area (TPSA) is 88.4 Å². The summed E-state index contributed by atoms with van der Waals surface area (Å²) in [6.45, 7) is 2.32. The number of anilines is 1. The molecule has 0 saturated carbocycles. The molecule has 1 N–H and O–H groups in total. The van der Waals surface area contributed by atoms with E-state index in [0.29, 0.717) is 23.8 Å². The highest BCUT2D eigenvalue weighted by Crippen LogP contribution is 2.21. The molecule has 0 unspecified atom stereocenters. The van der Waals surface area contributed by atoms with E-state index in [1.54, 1.807) is 36.4 Å². The van der Waals surface area contributed by atoms with E-state index in [1.165, 1.54) is 12.1 Å². The van der Waals surface area contributed by atoms with Crippen LogP contribution in [0, 0.1) is 11.3 Å². The van der Waals surface area contributed by atoms with Crippen molar-refractivity contribution in [1.82, 2.24) is 0 Å². The van der Waals surface area contributed by atoms with Gasteiger partial charge in [-0.1, -0.05) is 0 Å². The van der Waals surface area contributed by atoms with E-state index in [0.717, 1.165) is 0 Å². The second-order valence-electron chi connectivity index (χ2n) is 4.48. The summed E-state index contributed by atoms with van der Waals surface area (Å²) in [5.74, 6) is 1.11. The molecular weight excluding hydrogens is 316 g/mol. The van der Waals surface area contributed by atoms with Crippen molar-refractivity contribution in [2.45, 2.75) is 11.8 Å². The van der Waals surface area contributed by atoms with Crippen LogP contribution in [0.3, 0.4) is 0 Å². The number of hydrogen-bond donors (Lipinski definition) is 1. The second-order valence-corrected chi connectivity index (χ2v) is 6.16. The lowest BCUT2D eigenvalue weighted by Gasteiger charge is -2.10. The Morgan fingerprint density at radius 3 is 2.13 bits per heavy atom. The van der Waals surface area contributed by atoms with Gasteiger partial charge in [-0.15, -0.1) is 0 Å². The minimum Gasteiger partial charge on any atom is -0.494 e. The molecular formula is C16H16N2O4S.